The molecule has 2 unspecified atom stereocenters. The highest BCUT2D eigenvalue weighted by atomic mass is 32.2. The molecule has 20 heavy (non-hydrogen) atoms. The quantitative estimate of drug-likeness (QED) is 0.707. The minimum Gasteiger partial charge on any atom is -0.342 e. The number of piperidine rings is 1. The van der Waals surface area contributed by atoms with Gasteiger partial charge in [-0.2, -0.15) is 0 Å². The lowest BCUT2D eigenvalue weighted by atomic mass is 9.97. The predicted molar refractivity (Wildman–Crippen MR) is 79.7 cm³/mol. The first-order valence-electron chi connectivity index (χ1n) is 7.29. The third-order valence-corrected chi connectivity index (χ3v) is 4.29. The normalized spacial score (nSPS) is 21.8. The molecule has 1 fully saturated rings. The first kappa shape index (κ1) is 17.4. The molecule has 0 saturated carbocycles. The van der Waals surface area contributed by atoms with Gasteiger partial charge in [0.25, 0.3) is 0 Å². The SMILES string of the molecule is CCCC(N)CC(=O)N1CCCC(CNS(C)(=O)=O)C1. The van der Waals surface area contributed by atoms with Crippen LogP contribution in [0.3, 0.4) is 0 Å². The number of amides is 1. The minimum absolute atomic E-state index is 0.0676. The van der Waals surface area contributed by atoms with Crippen molar-refractivity contribution in [2.45, 2.75) is 45.1 Å². The van der Waals surface area contributed by atoms with Crippen molar-refractivity contribution >= 4 is 15.9 Å². The fourth-order valence-corrected chi connectivity index (χ4v) is 3.09. The molecule has 6 nitrogen and oxygen atoms in total. The second-order valence-electron chi connectivity index (χ2n) is 5.72. The van der Waals surface area contributed by atoms with Gasteiger partial charge in [-0.1, -0.05) is 13.3 Å². The maximum atomic E-state index is 12.1. The van der Waals surface area contributed by atoms with Gasteiger partial charge < -0.3 is 10.6 Å². The van der Waals surface area contributed by atoms with Gasteiger partial charge in [0.15, 0.2) is 0 Å². The van der Waals surface area contributed by atoms with E-state index < -0.39 is 10.0 Å². The van der Waals surface area contributed by atoms with Gasteiger partial charge in [-0.05, 0) is 25.2 Å². The van der Waals surface area contributed by atoms with E-state index in [4.69, 9.17) is 5.73 Å². The second kappa shape index (κ2) is 7.95. The summed E-state index contributed by atoms with van der Waals surface area (Å²) in [6.07, 6.45) is 5.26. The van der Waals surface area contributed by atoms with Gasteiger partial charge in [0.1, 0.15) is 0 Å². The van der Waals surface area contributed by atoms with Crippen LogP contribution >= 0.6 is 0 Å². The van der Waals surface area contributed by atoms with Gasteiger partial charge in [0, 0.05) is 32.1 Å². The molecule has 1 saturated heterocycles. The number of nitrogens with one attached hydrogen (secondary N) is 1. The van der Waals surface area contributed by atoms with Crippen LogP contribution in [0.4, 0.5) is 0 Å². The van der Waals surface area contributed by atoms with Crippen molar-refractivity contribution in [2.75, 3.05) is 25.9 Å². The van der Waals surface area contributed by atoms with Crippen LogP contribution in [-0.2, 0) is 14.8 Å². The van der Waals surface area contributed by atoms with Crippen LogP contribution < -0.4 is 10.5 Å². The van der Waals surface area contributed by atoms with E-state index in [1.54, 1.807) is 0 Å². The molecule has 1 aliphatic rings. The summed E-state index contributed by atoms with van der Waals surface area (Å²) in [6, 6.07) is -0.0676. The van der Waals surface area contributed by atoms with Crippen molar-refractivity contribution < 1.29 is 13.2 Å². The van der Waals surface area contributed by atoms with E-state index in [1.807, 2.05) is 4.90 Å². The molecule has 0 aromatic rings. The van der Waals surface area contributed by atoms with Crippen molar-refractivity contribution in [1.29, 1.82) is 0 Å². The maximum Gasteiger partial charge on any atom is 0.224 e. The van der Waals surface area contributed by atoms with Crippen LogP contribution in [0.5, 0.6) is 0 Å². The Balaban J connectivity index is 2.41. The van der Waals surface area contributed by atoms with Crippen LogP contribution in [0.25, 0.3) is 0 Å². The summed E-state index contributed by atoms with van der Waals surface area (Å²) in [7, 11) is -3.16. The molecule has 0 aliphatic carbocycles. The fourth-order valence-electron chi connectivity index (χ4n) is 2.55. The summed E-state index contributed by atoms with van der Waals surface area (Å²) in [6.45, 7) is 3.84. The Labute approximate surface area is 122 Å². The number of likely N-dealkylation sites (tertiary alicyclic amines) is 1. The van der Waals surface area contributed by atoms with E-state index >= 15 is 0 Å². The van der Waals surface area contributed by atoms with Gasteiger partial charge >= 0.3 is 0 Å². The number of nitrogens with two attached hydrogens (primary N) is 1. The van der Waals surface area contributed by atoms with E-state index in [-0.39, 0.29) is 17.9 Å². The predicted octanol–water partition coefficient (Wildman–Crippen LogP) is 0.292. The highest BCUT2D eigenvalue weighted by Crippen LogP contribution is 2.17. The molecule has 1 heterocycles. The second-order valence-corrected chi connectivity index (χ2v) is 7.55. The molecule has 2 atom stereocenters. The van der Waals surface area contributed by atoms with E-state index in [0.717, 1.165) is 38.5 Å². The standard InChI is InChI=1S/C13H27N3O3S/c1-3-5-12(14)8-13(17)16-7-4-6-11(10-16)9-15-20(2,18)19/h11-12,15H,3-10,14H2,1-2H3. The molecular weight excluding hydrogens is 278 g/mol. The van der Waals surface area contributed by atoms with Gasteiger partial charge in [0.2, 0.25) is 15.9 Å². The summed E-state index contributed by atoms with van der Waals surface area (Å²) >= 11 is 0. The largest absolute Gasteiger partial charge is 0.342 e. The molecule has 1 aliphatic heterocycles. The Morgan fingerprint density at radius 2 is 2.20 bits per heavy atom. The summed E-state index contributed by atoms with van der Waals surface area (Å²) in [5, 5.41) is 0. The van der Waals surface area contributed by atoms with Gasteiger partial charge in [-0.15, -0.1) is 0 Å². The van der Waals surface area contributed by atoms with Gasteiger partial charge in [-0.3, -0.25) is 4.79 Å². The maximum absolute atomic E-state index is 12.1. The first-order chi connectivity index (χ1) is 9.31. The highest BCUT2D eigenvalue weighted by Gasteiger charge is 2.24. The summed E-state index contributed by atoms with van der Waals surface area (Å²) in [5.41, 5.74) is 5.90. The molecule has 7 heteroatoms. The lowest BCUT2D eigenvalue weighted by molar-refractivity contribution is -0.133. The average Bonchev–Trinajstić information content (AvgIpc) is 2.36. The van der Waals surface area contributed by atoms with E-state index in [1.165, 1.54) is 0 Å². The zero-order valence-electron chi connectivity index (χ0n) is 12.5. The molecule has 1 rings (SSSR count). The Hall–Kier alpha value is -0.660. The number of carbonyl (C=O) groups is 1. The summed E-state index contributed by atoms with van der Waals surface area (Å²) in [5.74, 6) is 0.292. The molecule has 0 bridgehead atoms. The van der Waals surface area contributed by atoms with Crippen molar-refractivity contribution in [2.24, 2.45) is 11.7 Å². The molecule has 118 valence electrons. The summed E-state index contributed by atoms with van der Waals surface area (Å²) in [4.78, 5) is 14.0. The Morgan fingerprint density at radius 1 is 1.50 bits per heavy atom. The number of nitrogens with zero attached hydrogens (tertiary/aromatic N) is 1. The molecule has 0 aromatic carbocycles. The Bertz CT molecular complexity index is 411. The van der Waals surface area contributed by atoms with Crippen molar-refractivity contribution in [3.63, 3.8) is 0 Å². The zero-order valence-corrected chi connectivity index (χ0v) is 13.3. The van der Waals surface area contributed by atoms with Crippen molar-refractivity contribution in [1.82, 2.24) is 9.62 Å². The third-order valence-electron chi connectivity index (χ3n) is 3.60. The first-order valence-corrected chi connectivity index (χ1v) is 9.19. The topological polar surface area (TPSA) is 92.5 Å². The average molecular weight is 305 g/mol. The number of hydrogen-bond acceptors (Lipinski definition) is 4. The monoisotopic (exact) mass is 305 g/mol. The molecule has 3 N–H and O–H groups in total. The number of sulfonamides is 1. The molecule has 0 spiro atoms. The van der Waals surface area contributed by atoms with Gasteiger partial charge in [-0.25, -0.2) is 13.1 Å². The fraction of sp³-hybridized carbons (Fsp3) is 0.923. The Morgan fingerprint density at radius 3 is 2.80 bits per heavy atom. The molecule has 0 radical (unpaired) electrons. The van der Waals surface area contributed by atoms with E-state index in [9.17, 15) is 13.2 Å². The van der Waals surface area contributed by atoms with Crippen molar-refractivity contribution in [3.05, 3.63) is 0 Å². The van der Waals surface area contributed by atoms with Gasteiger partial charge in [0.05, 0.1) is 6.26 Å². The smallest absolute Gasteiger partial charge is 0.224 e. The minimum atomic E-state index is -3.16. The lowest BCUT2D eigenvalue weighted by Gasteiger charge is -2.33. The van der Waals surface area contributed by atoms with Crippen LogP contribution in [0.1, 0.15) is 39.0 Å². The van der Waals surface area contributed by atoms with E-state index in [0.29, 0.717) is 19.5 Å². The van der Waals surface area contributed by atoms with Crippen LogP contribution in [-0.4, -0.2) is 51.2 Å². The van der Waals surface area contributed by atoms with Crippen LogP contribution in [0.2, 0.25) is 0 Å². The highest BCUT2D eigenvalue weighted by molar-refractivity contribution is 7.88. The van der Waals surface area contributed by atoms with Crippen LogP contribution in [0, 0.1) is 5.92 Å². The Kier molecular flexibility index (Phi) is 6.91. The number of carbonyl (C=O) groups excluding carboxylic acids is 1. The number of hydrogen-bond donors (Lipinski definition) is 2. The molecule has 0 aromatic heterocycles. The van der Waals surface area contributed by atoms with Crippen LogP contribution in [0.15, 0.2) is 0 Å². The molecular formula is C13H27N3O3S. The molecule has 1 amide bonds. The summed E-state index contributed by atoms with van der Waals surface area (Å²) < 4.78 is 24.7. The lowest BCUT2D eigenvalue weighted by Crippen LogP contribution is -2.45. The third kappa shape index (κ3) is 6.67. The van der Waals surface area contributed by atoms with Crippen molar-refractivity contribution in [3.8, 4) is 0 Å². The zero-order chi connectivity index (χ0) is 15.2. The number of rotatable bonds is 7. The van der Waals surface area contributed by atoms with E-state index in [2.05, 4.69) is 11.6 Å².